The largest absolute Gasteiger partial charge is 0.495 e. The fraction of sp³-hybridized carbons (Fsp3) is 0.222. The number of benzene rings is 1. The quantitative estimate of drug-likeness (QED) is 0.847. The number of hydrogen-bond acceptors (Lipinski definition) is 2. The molecule has 1 aromatic carbocycles. The maximum absolute atomic E-state index is 11.4. The summed E-state index contributed by atoms with van der Waals surface area (Å²) in [7, 11) is 1.45. The second-order valence-corrected chi connectivity index (χ2v) is 5.51. The van der Waals surface area contributed by atoms with Crippen molar-refractivity contribution in [1.82, 2.24) is 0 Å². The van der Waals surface area contributed by atoms with Crippen molar-refractivity contribution in [3.63, 3.8) is 0 Å². The number of ether oxygens (including phenoxy) is 1. The van der Waals surface area contributed by atoms with Crippen LogP contribution in [0.15, 0.2) is 18.2 Å². The van der Waals surface area contributed by atoms with E-state index in [4.69, 9.17) is 51.1 Å². The Kier molecular flexibility index (Phi) is 4.56. The third-order valence-electron chi connectivity index (χ3n) is 1.67. The van der Waals surface area contributed by atoms with Gasteiger partial charge < -0.3 is 10.1 Å². The Morgan fingerprint density at radius 1 is 1.38 bits per heavy atom. The van der Waals surface area contributed by atoms with Crippen LogP contribution in [0.25, 0.3) is 0 Å². The molecule has 0 bridgehead atoms. The number of carbonyl (C=O) groups excluding carboxylic acids is 1. The number of hydrogen-bond donors (Lipinski definition) is 1. The van der Waals surface area contributed by atoms with Crippen molar-refractivity contribution in [3.05, 3.63) is 23.2 Å². The van der Waals surface area contributed by atoms with Gasteiger partial charge in [-0.25, -0.2) is 0 Å². The summed E-state index contributed by atoms with van der Waals surface area (Å²) < 4.78 is 2.98. The molecule has 0 aliphatic carbocycles. The SMILES string of the molecule is COc1ccc(Cl)cc1NC(=O)C(Cl)(Cl)Cl. The molecule has 0 atom stereocenters. The van der Waals surface area contributed by atoms with Crippen LogP contribution in [0.5, 0.6) is 5.75 Å². The Balaban J connectivity index is 2.96. The van der Waals surface area contributed by atoms with Crippen molar-refractivity contribution in [3.8, 4) is 5.75 Å². The smallest absolute Gasteiger partial charge is 0.276 e. The zero-order valence-electron chi connectivity index (χ0n) is 8.06. The Morgan fingerprint density at radius 2 is 2.00 bits per heavy atom. The zero-order chi connectivity index (χ0) is 12.3. The van der Waals surface area contributed by atoms with Gasteiger partial charge in [0.15, 0.2) is 0 Å². The number of rotatable bonds is 2. The second-order valence-electron chi connectivity index (χ2n) is 2.80. The molecule has 0 saturated heterocycles. The highest BCUT2D eigenvalue weighted by Crippen LogP contribution is 2.32. The van der Waals surface area contributed by atoms with Crippen molar-refractivity contribution in [1.29, 1.82) is 0 Å². The molecule has 88 valence electrons. The summed E-state index contributed by atoms with van der Waals surface area (Å²) in [6.07, 6.45) is 0. The molecule has 1 N–H and O–H groups in total. The summed E-state index contributed by atoms with van der Waals surface area (Å²) in [6.45, 7) is 0. The molecular weight excluding hydrogens is 296 g/mol. The van der Waals surface area contributed by atoms with Crippen molar-refractivity contribution in [2.24, 2.45) is 0 Å². The highest BCUT2D eigenvalue weighted by Gasteiger charge is 2.31. The van der Waals surface area contributed by atoms with Gasteiger partial charge >= 0.3 is 0 Å². The lowest BCUT2D eigenvalue weighted by Crippen LogP contribution is -2.27. The number of nitrogens with one attached hydrogen (secondary N) is 1. The monoisotopic (exact) mass is 301 g/mol. The third-order valence-corrected chi connectivity index (χ3v) is 2.42. The van der Waals surface area contributed by atoms with Gasteiger partial charge in [-0.3, -0.25) is 4.79 Å². The highest BCUT2D eigenvalue weighted by molar-refractivity contribution is 6.76. The molecule has 0 unspecified atom stereocenters. The van der Waals surface area contributed by atoms with Crippen LogP contribution in [0.3, 0.4) is 0 Å². The average Bonchev–Trinajstić information content (AvgIpc) is 2.16. The molecular formula is C9H7Cl4NO2. The van der Waals surface area contributed by atoms with Gasteiger partial charge in [0, 0.05) is 5.02 Å². The van der Waals surface area contributed by atoms with E-state index < -0.39 is 9.70 Å². The molecule has 1 rings (SSSR count). The van der Waals surface area contributed by atoms with Gasteiger partial charge in [0.1, 0.15) is 5.75 Å². The predicted octanol–water partition coefficient (Wildman–Crippen LogP) is 3.66. The standard InChI is InChI=1S/C9H7Cl4NO2/c1-16-7-3-2-5(10)4-6(7)14-8(15)9(11,12)13/h2-4H,1H3,(H,14,15). The molecule has 0 heterocycles. The predicted molar refractivity (Wildman–Crippen MR) is 66.9 cm³/mol. The lowest BCUT2D eigenvalue weighted by Gasteiger charge is -2.14. The van der Waals surface area contributed by atoms with Crippen LogP contribution in [0, 0.1) is 0 Å². The Morgan fingerprint density at radius 3 is 2.50 bits per heavy atom. The summed E-state index contributed by atoms with van der Waals surface area (Å²) in [6, 6.07) is 4.70. The van der Waals surface area contributed by atoms with Gasteiger partial charge in [-0.05, 0) is 18.2 Å². The van der Waals surface area contributed by atoms with E-state index in [1.54, 1.807) is 12.1 Å². The van der Waals surface area contributed by atoms with Crippen LogP contribution in [0.1, 0.15) is 0 Å². The first-order chi connectivity index (χ1) is 7.34. The second kappa shape index (κ2) is 5.32. The first-order valence-corrected chi connectivity index (χ1v) is 5.57. The molecule has 0 saturated carbocycles. The topological polar surface area (TPSA) is 38.3 Å². The van der Waals surface area contributed by atoms with Gasteiger partial charge in [-0.2, -0.15) is 0 Å². The van der Waals surface area contributed by atoms with Crippen LogP contribution in [0.2, 0.25) is 5.02 Å². The maximum atomic E-state index is 11.4. The molecule has 0 radical (unpaired) electrons. The number of halogens is 4. The van der Waals surface area contributed by atoms with Crippen LogP contribution >= 0.6 is 46.4 Å². The van der Waals surface area contributed by atoms with Gasteiger partial charge in [-0.1, -0.05) is 46.4 Å². The van der Waals surface area contributed by atoms with Gasteiger partial charge in [-0.15, -0.1) is 0 Å². The molecule has 0 spiro atoms. The minimum Gasteiger partial charge on any atom is -0.495 e. The fourth-order valence-corrected chi connectivity index (χ4v) is 1.28. The van der Waals surface area contributed by atoms with E-state index in [0.29, 0.717) is 16.5 Å². The molecule has 0 fully saturated rings. The van der Waals surface area contributed by atoms with Crippen LogP contribution in [-0.4, -0.2) is 16.8 Å². The molecule has 0 aliphatic rings. The lowest BCUT2D eigenvalue weighted by atomic mass is 10.3. The number of anilines is 1. The van der Waals surface area contributed by atoms with E-state index >= 15 is 0 Å². The Hall–Kier alpha value is -0.350. The van der Waals surface area contributed by atoms with E-state index in [-0.39, 0.29) is 0 Å². The summed E-state index contributed by atoms with van der Waals surface area (Å²) >= 11 is 22.0. The fourth-order valence-electron chi connectivity index (χ4n) is 0.971. The number of methoxy groups -OCH3 is 1. The van der Waals surface area contributed by atoms with Gasteiger partial charge in [0.25, 0.3) is 9.70 Å². The van der Waals surface area contributed by atoms with Crippen molar-refractivity contribution in [2.45, 2.75) is 3.79 Å². The van der Waals surface area contributed by atoms with E-state index in [1.807, 2.05) is 0 Å². The third kappa shape index (κ3) is 3.59. The number of alkyl halides is 3. The van der Waals surface area contributed by atoms with Crippen LogP contribution < -0.4 is 10.1 Å². The summed E-state index contributed by atoms with van der Waals surface area (Å²) in [5.41, 5.74) is 0.339. The number of amides is 1. The van der Waals surface area contributed by atoms with E-state index in [2.05, 4.69) is 5.32 Å². The van der Waals surface area contributed by atoms with Crippen molar-refractivity contribution < 1.29 is 9.53 Å². The van der Waals surface area contributed by atoms with Crippen molar-refractivity contribution in [2.75, 3.05) is 12.4 Å². The van der Waals surface area contributed by atoms with E-state index in [0.717, 1.165) is 0 Å². The molecule has 0 aromatic heterocycles. The van der Waals surface area contributed by atoms with E-state index in [1.165, 1.54) is 13.2 Å². The van der Waals surface area contributed by atoms with Crippen molar-refractivity contribution >= 4 is 58.0 Å². The Bertz CT molecular complexity index is 403. The zero-order valence-corrected chi connectivity index (χ0v) is 11.1. The normalized spacial score (nSPS) is 11.1. The minimum atomic E-state index is -2.03. The average molecular weight is 303 g/mol. The molecule has 16 heavy (non-hydrogen) atoms. The minimum absolute atomic E-state index is 0.339. The molecule has 1 amide bonds. The lowest BCUT2D eigenvalue weighted by molar-refractivity contribution is -0.115. The van der Waals surface area contributed by atoms with E-state index in [9.17, 15) is 4.79 Å². The maximum Gasteiger partial charge on any atom is 0.276 e. The first kappa shape index (κ1) is 13.7. The number of carbonyl (C=O) groups is 1. The van der Waals surface area contributed by atoms with Crippen LogP contribution in [0.4, 0.5) is 5.69 Å². The molecule has 0 aliphatic heterocycles. The van der Waals surface area contributed by atoms with Crippen LogP contribution in [-0.2, 0) is 4.79 Å². The molecule has 7 heteroatoms. The summed E-state index contributed by atoms with van der Waals surface area (Å²) in [4.78, 5) is 11.4. The summed E-state index contributed by atoms with van der Waals surface area (Å²) in [5, 5.41) is 2.83. The molecule has 3 nitrogen and oxygen atoms in total. The summed E-state index contributed by atoms with van der Waals surface area (Å²) in [5.74, 6) is -0.356. The Labute approximate surface area is 113 Å². The highest BCUT2D eigenvalue weighted by atomic mass is 35.6. The van der Waals surface area contributed by atoms with Gasteiger partial charge in [0.2, 0.25) is 0 Å². The molecule has 1 aromatic rings. The first-order valence-electron chi connectivity index (χ1n) is 4.06. The van der Waals surface area contributed by atoms with Gasteiger partial charge in [0.05, 0.1) is 12.8 Å².